The van der Waals surface area contributed by atoms with Crippen molar-refractivity contribution in [1.29, 1.82) is 0 Å². The van der Waals surface area contributed by atoms with Gasteiger partial charge in [0, 0.05) is 24.8 Å². The number of anilines is 1. The molecule has 0 bridgehead atoms. The molecule has 0 fully saturated rings. The lowest BCUT2D eigenvalue weighted by Gasteiger charge is -2.21. The molecule has 2 nitrogen and oxygen atoms in total. The molecule has 0 aliphatic carbocycles. The molecule has 1 rings (SSSR count). The third-order valence-corrected chi connectivity index (χ3v) is 2.26. The lowest BCUT2D eigenvalue weighted by atomic mass is 10.2. The molecule has 0 aromatic heterocycles. The molecule has 0 unspecified atom stereocenters. The van der Waals surface area contributed by atoms with Gasteiger partial charge < -0.3 is 9.64 Å². The monoisotopic (exact) mass is 193 g/mol. The smallest absolute Gasteiger partial charge is 0.121 e. The molecule has 0 aliphatic rings. The van der Waals surface area contributed by atoms with Gasteiger partial charge in [-0.25, -0.2) is 0 Å². The van der Waals surface area contributed by atoms with Crippen molar-refractivity contribution in [3.8, 4) is 5.75 Å². The Morgan fingerprint density at radius 2 is 1.86 bits per heavy atom. The predicted molar refractivity (Wildman–Crippen MR) is 61.2 cm³/mol. The molecule has 0 radical (unpaired) electrons. The summed E-state index contributed by atoms with van der Waals surface area (Å²) in [5.74, 6) is 0.955. The van der Waals surface area contributed by atoms with Gasteiger partial charge in [0.2, 0.25) is 0 Å². The Kier molecular flexibility index (Phi) is 4.30. The normalized spacial score (nSPS) is 9.93. The van der Waals surface area contributed by atoms with E-state index in [0.717, 1.165) is 25.4 Å². The van der Waals surface area contributed by atoms with Gasteiger partial charge in [0.25, 0.3) is 0 Å². The summed E-state index contributed by atoms with van der Waals surface area (Å²) in [6.45, 7) is 9.12. The summed E-state index contributed by atoms with van der Waals surface area (Å²) in [7, 11) is 0. The van der Waals surface area contributed by atoms with Crippen molar-refractivity contribution in [2.75, 3.05) is 24.6 Å². The zero-order chi connectivity index (χ0) is 10.4. The standard InChI is InChI=1S/C12H19NO/c1-4-13(5-2)11-8-7-9-12(10-11)14-6-3/h7-10H,4-6H2,1-3H3. The molecule has 2 heteroatoms. The minimum absolute atomic E-state index is 0.724. The molecule has 0 N–H and O–H groups in total. The molecule has 0 aliphatic heterocycles. The van der Waals surface area contributed by atoms with Crippen LogP contribution in [0.5, 0.6) is 5.75 Å². The Bertz CT molecular complexity index is 269. The van der Waals surface area contributed by atoms with E-state index in [2.05, 4.69) is 30.9 Å². The van der Waals surface area contributed by atoms with Crippen molar-refractivity contribution in [3.05, 3.63) is 24.3 Å². The molecular formula is C12H19NO. The van der Waals surface area contributed by atoms with Gasteiger partial charge >= 0.3 is 0 Å². The second-order valence-electron chi connectivity index (χ2n) is 3.10. The highest BCUT2D eigenvalue weighted by atomic mass is 16.5. The summed E-state index contributed by atoms with van der Waals surface area (Å²) >= 11 is 0. The Morgan fingerprint density at radius 3 is 2.43 bits per heavy atom. The number of ether oxygens (including phenoxy) is 1. The molecular weight excluding hydrogens is 174 g/mol. The van der Waals surface area contributed by atoms with E-state index in [-0.39, 0.29) is 0 Å². The minimum Gasteiger partial charge on any atom is -0.494 e. The first kappa shape index (κ1) is 10.9. The van der Waals surface area contributed by atoms with E-state index in [1.54, 1.807) is 0 Å². The summed E-state index contributed by atoms with van der Waals surface area (Å²) in [6.07, 6.45) is 0. The lowest BCUT2D eigenvalue weighted by molar-refractivity contribution is 0.340. The van der Waals surface area contributed by atoms with Gasteiger partial charge in [-0.05, 0) is 32.9 Å². The predicted octanol–water partition coefficient (Wildman–Crippen LogP) is 2.93. The van der Waals surface area contributed by atoms with Crippen molar-refractivity contribution in [1.82, 2.24) is 0 Å². The average molecular weight is 193 g/mol. The molecule has 78 valence electrons. The summed E-state index contributed by atoms with van der Waals surface area (Å²) in [5.41, 5.74) is 1.24. The van der Waals surface area contributed by atoms with Crippen LogP contribution in [0.3, 0.4) is 0 Å². The van der Waals surface area contributed by atoms with Gasteiger partial charge in [0.05, 0.1) is 6.61 Å². The van der Waals surface area contributed by atoms with E-state index < -0.39 is 0 Å². The summed E-state index contributed by atoms with van der Waals surface area (Å²) in [5, 5.41) is 0. The van der Waals surface area contributed by atoms with E-state index in [0.29, 0.717) is 0 Å². The second kappa shape index (κ2) is 5.53. The van der Waals surface area contributed by atoms with Crippen LogP contribution in [0.25, 0.3) is 0 Å². The number of hydrogen-bond acceptors (Lipinski definition) is 2. The van der Waals surface area contributed by atoms with Gasteiger partial charge in [-0.2, -0.15) is 0 Å². The van der Waals surface area contributed by atoms with Crippen LogP contribution in [-0.4, -0.2) is 19.7 Å². The maximum absolute atomic E-state index is 5.46. The molecule has 0 atom stereocenters. The van der Waals surface area contributed by atoms with Crippen LogP contribution in [0.2, 0.25) is 0 Å². The maximum atomic E-state index is 5.46. The third kappa shape index (κ3) is 2.66. The van der Waals surface area contributed by atoms with Gasteiger partial charge in [0.15, 0.2) is 0 Å². The van der Waals surface area contributed by atoms with Gasteiger partial charge in [-0.15, -0.1) is 0 Å². The van der Waals surface area contributed by atoms with Crippen molar-refractivity contribution in [2.45, 2.75) is 20.8 Å². The fourth-order valence-electron chi connectivity index (χ4n) is 1.53. The van der Waals surface area contributed by atoms with Crippen molar-refractivity contribution < 1.29 is 4.74 Å². The quantitative estimate of drug-likeness (QED) is 0.713. The lowest BCUT2D eigenvalue weighted by Crippen LogP contribution is -2.21. The van der Waals surface area contributed by atoms with Crippen LogP contribution in [0.1, 0.15) is 20.8 Å². The molecule has 0 saturated carbocycles. The third-order valence-electron chi connectivity index (χ3n) is 2.26. The highest BCUT2D eigenvalue weighted by Gasteiger charge is 2.02. The number of nitrogens with zero attached hydrogens (tertiary/aromatic N) is 1. The summed E-state index contributed by atoms with van der Waals surface area (Å²) in [4.78, 5) is 2.31. The first-order valence-corrected chi connectivity index (χ1v) is 5.29. The van der Waals surface area contributed by atoms with Crippen LogP contribution in [-0.2, 0) is 0 Å². The van der Waals surface area contributed by atoms with E-state index in [4.69, 9.17) is 4.74 Å². The van der Waals surface area contributed by atoms with Crippen LogP contribution in [0, 0.1) is 0 Å². The Balaban J connectivity index is 2.81. The molecule has 1 aromatic carbocycles. The molecule has 0 spiro atoms. The topological polar surface area (TPSA) is 12.5 Å². The highest BCUT2D eigenvalue weighted by Crippen LogP contribution is 2.20. The van der Waals surface area contributed by atoms with Crippen LogP contribution < -0.4 is 9.64 Å². The van der Waals surface area contributed by atoms with Crippen molar-refractivity contribution >= 4 is 5.69 Å². The summed E-state index contributed by atoms with van der Waals surface area (Å²) < 4.78 is 5.46. The Hall–Kier alpha value is -1.18. The fraction of sp³-hybridized carbons (Fsp3) is 0.500. The number of benzene rings is 1. The Morgan fingerprint density at radius 1 is 1.14 bits per heavy atom. The maximum Gasteiger partial charge on any atom is 0.121 e. The zero-order valence-corrected chi connectivity index (χ0v) is 9.29. The number of hydrogen-bond donors (Lipinski definition) is 0. The summed E-state index contributed by atoms with van der Waals surface area (Å²) in [6, 6.07) is 8.25. The molecule has 0 amide bonds. The molecule has 0 saturated heterocycles. The van der Waals surface area contributed by atoms with Gasteiger partial charge in [-0.3, -0.25) is 0 Å². The average Bonchev–Trinajstić information content (AvgIpc) is 2.21. The fourth-order valence-corrected chi connectivity index (χ4v) is 1.53. The largest absolute Gasteiger partial charge is 0.494 e. The second-order valence-corrected chi connectivity index (χ2v) is 3.10. The SMILES string of the molecule is CCOc1cccc(N(CC)CC)c1. The van der Waals surface area contributed by atoms with Crippen molar-refractivity contribution in [2.24, 2.45) is 0 Å². The van der Waals surface area contributed by atoms with E-state index in [1.807, 2.05) is 19.1 Å². The van der Waals surface area contributed by atoms with Gasteiger partial charge in [0.1, 0.15) is 5.75 Å². The van der Waals surface area contributed by atoms with E-state index in [1.165, 1.54) is 5.69 Å². The molecule has 0 heterocycles. The minimum atomic E-state index is 0.724. The van der Waals surface area contributed by atoms with Crippen LogP contribution >= 0.6 is 0 Å². The molecule has 1 aromatic rings. The first-order valence-electron chi connectivity index (χ1n) is 5.29. The number of rotatable bonds is 5. The van der Waals surface area contributed by atoms with E-state index in [9.17, 15) is 0 Å². The van der Waals surface area contributed by atoms with E-state index >= 15 is 0 Å². The Labute approximate surface area is 86.5 Å². The van der Waals surface area contributed by atoms with Crippen LogP contribution in [0.4, 0.5) is 5.69 Å². The van der Waals surface area contributed by atoms with Gasteiger partial charge in [-0.1, -0.05) is 6.07 Å². The zero-order valence-electron chi connectivity index (χ0n) is 9.29. The van der Waals surface area contributed by atoms with Crippen LogP contribution in [0.15, 0.2) is 24.3 Å². The van der Waals surface area contributed by atoms with Crippen molar-refractivity contribution in [3.63, 3.8) is 0 Å². The highest BCUT2D eigenvalue weighted by molar-refractivity contribution is 5.50. The first-order chi connectivity index (χ1) is 6.81. The molecule has 14 heavy (non-hydrogen) atoms.